The van der Waals surface area contributed by atoms with Crippen LogP contribution in [-0.4, -0.2) is 9.13 Å². The first-order valence-electron chi connectivity index (χ1n) is 11.0. The molecule has 0 unspecified atom stereocenters. The SMILES string of the molecule is CCc1ccc(-n2c(=O)c3c4c(sc3n(Cc3ccccc3C)c2=O)CCCC4)cc1. The quantitative estimate of drug-likeness (QED) is 0.457. The van der Waals surface area contributed by atoms with E-state index in [9.17, 15) is 9.59 Å². The topological polar surface area (TPSA) is 44.0 Å². The van der Waals surface area contributed by atoms with E-state index in [1.807, 2.05) is 41.0 Å². The number of fused-ring (bicyclic) bond motifs is 3. The molecule has 0 saturated carbocycles. The fraction of sp³-hybridized carbons (Fsp3) is 0.308. The predicted molar refractivity (Wildman–Crippen MR) is 128 cm³/mol. The standard InChI is InChI=1S/C26H26N2O2S/c1-3-18-12-14-20(15-13-18)28-24(29)23-21-10-6-7-11-22(21)31-25(23)27(26(28)30)16-19-9-5-4-8-17(19)2/h4-5,8-9,12-15H,3,6-7,10-11,16H2,1-2H3. The van der Waals surface area contributed by atoms with Crippen molar-refractivity contribution in [1.29, 1.82) is 0 Å². The van der Waals surface area contributed by atoms with Gasteiger partial charge in [-0.1, -0.05) is 43.3 Å². The minimum Gasteiger partial charge on any atom is -0.279 e. The van der Waals surface area contributed by atoms with E-state index >= 15 is 0 Å². The average molecular weight is 431 g/mol. The molecule has 0 amide bonds. The van der Waals surface area contributed by atoms with Crippen LogP contribution in [0.5, 0.6) is 0 Å². The number of hydrogen-bond acceptors (Lipinski definition) is 3. The Labute approximate surface area is 185 Å². The van der Waals surface area contributed by atoms with Gasteiger partial charge in [-0.2, -0.15) is 0 Å². The van der Waals surface area contributed by atoms with Gasteiger partial charge in [0.1, 0.15) is 4.83 Å². The van der Waals surface area contributed by atoms with Gasteiger partial charge >= 0.3 is 5.69 Å². The number of hydrogen-bond donors (Lipinski definition) is 0. The van der Waals surface area contributed by atoms with Gasteiger partial charge in [0.15, 0.2) is 0 Å². The van der Waals surface area contributed by atoms with Crippen molar-refractivity contribution in [2.75, 3.05) is 0 Å². The Kier molecular flexibility index (Phi) is 5.14. The van der Waals surface area contributed by atoms with Gasteiger partial charge in [-0.3, -0.25) is 9.36 Å². The summed E-state index contributed by atoms with van der Waals surface area (Å²) in [7, 11) is 0. The van der Waals surface area contributed by atoms with E-state index in [1.54, 1.807) is 11.3 Å². The zero-order valence-electron chi connectivity index (χ0n) is 18.0. The number of thiophene rings is 1. The van der Waals surface area contributed by atoms with Crippen LogP contribution in [0.4, 0.5) is 0 Å². The average Bonchev–Trinajstić information content (AvgIpc) is 3.18. The van der Waals surface area contributed by atoms with Gasteiger partial charge in [0.25, 0.3) is 5.56 Å². The van der Waals surface area contributed by atoms with Gasteiger partial charge in [0.05, 0.1) is 17.6 Å². The molecule has 31 heavy (non-hydrogen) atoms. The second-order valence-corrected chi connectivity index (χ2v) is 9.43. The normalized spacial score (nSPS) is 13.5. The summed E-state index contributed by atoms with van der Waals surface area (Å²) in [6.45, 7) is 4.63. The molecule has 0 fully saturated rings. The lowest BCUT2D eigenvalue weighted by Gasteiger charge is -2.14. The Morgan fingerprint density at radius 1 is 0.968 bits per heavy atom. The largest absolute Gasteiger partial charge is 0.337 e. The van der Waals surface area contributed by atoms with E-state index in [-0.39, 0.29) is 11.2 Å². The summed E-state index contributed by atoms with van der Waals surface area (Å²) in [6, 6.07) is 15.9. The molecule has 0 spiro atoms. The van der Waals surface area contributed by atoms with Crippen LogP contribution in [0.2, 0.25) is 0 Å². The molecule has 1 aliphatic rings. The first-order valence-corrected chi connectivity index (χ1v) is 11.8. The summed E-state index contributed by atoms with van der Waals surface area (Å²) >= 11 is 1.64. The maximum Gasteiger partial charge on any atom is 0.337 e. The minimum atomic E-state index is -0.261. The van der Waals surface area contributed by atoms with Crippen LogP contribution in [0.15, 0.2) is 58.1 Å². The van der Waals surface area contributed by atoms with Crippen molar-refractivity contribution in [3.05, 3.63) is 96.5 Å². The molecule has 0 N–H and O–H groups in total. The maximum atomic E-state index is 13.7. The summed E-state index contributed by atoms with van der Waals surface area (Å²) in [6.07, 6.45) is 5.08. The van der Waals surface area contributed by atoms with Crippen LogP contribution in [0.25, 0.3) is 15.9 Å². The number of aryl methyl sites for hydroxylation is 4. The van der Waals surface area contributed by atoms with Crippen molar-refractivity contribution >= 4 is 21.6 Å². The Balaban J connectivity index is 1.82. The minimum absolute atomic E-state index is 0.176. The van der Waals surface area contributed by atoms with Crippen LogP contribution in [0.3, 0.4) is 0 Å². The van der Waals surface area contributed by atoms with Crippen molar-refractivity contribution < 1.29 is 0 Å². The highest BCUT2D eigenvalue weighted by molar-refractivity contribution is 7.18. The van der Waals surface area contributed by atoms with Crippen molar-refractivity contribution in [2.24, 2.45) is 0 Å². The highest BCUT2D eigenvalue weighted by Crippen LogP contribution is 2.34. The molecule has 2 heterocycles. The molecule has 0 radical (unpaired) electrons. The Morgan fingerprint density at radius 2 is 1.71 bits per heavy atom. The molecule has 1 aliphatic carbocycles. The van der Waals surface area contributed by atoms with Crippen LogP contribution in [-0.2, 0) is 25.8 Å². The second-order valence-electron chi connectivity index (χ2n) is 8.35. The third-order valence-electron chi connectivity index (χ3n) is 6.43. The number of nitrogens with zero attached hydrogens (tertiary/aromatic N) is 2. The third kappa shape index (κ3) is 3.37. The Bertz CT molecular complexity index is 1390. The number of rotatable bonds is 4. The van der Waals surface area contributed by atoms with Crippen LogP contribution < -0.4 is 11.2 Å². The van der Waals surface area contributed by atoms with Crippen molar-refractivity contribution in [3.63, 3.8) is 0 Å². The molecule has 2 aromatic carbocycles. The molecule has 5 heteroatoms. The van der Waals surface area contributed by atoms with E-state index in [0.717, 1.165) is 59.0 Å². The lowest BCUT2D eigenvalue weighted by Crippen LogP contribution is -2.39. The van der Waals surface area contributed by atoms with E-state index in [2.05, 4.69) is 26.0 Å². The van der Waals surface area contributed by atoms with Crippen molar-refractivity contribution in [3.8, 4) is 5.69 Å². The lowest BCUT2D eigenvalue weighted by molar-refractivity contribution is 0.695. The monoisotopic (exact) mass is 430 g/mol. The predicted octanol–water partition coefficient (Wildman–Crippen LogP) is 5.01. The summed E-state index contributed by atoms with van der Waals surface area (Å²) < 4.78 is 3.19. The molecular weight excluding hydrogens is 404 g/mol. The van der Waals surface area contributed by atoms with Gasteiger partial charge in [0, 0.05) is 4.88 Å². The summed E-state index contributed by atoms with van der Waals surface area (Å²) in [5.74, 6) is 0. The smallest absolute Gasteiger partial charge is 0.279 e. The highest BCUT2D eigenvalue weighted by Gasteiger charge is 2.24. The zero-order valence-corrected chi connectivity index (χ0v) is 18.8. The third-order valence-corrected chi connectivity index (χ3v) is 7.74. The van der Waals surface area contributed by atoms with E-state index in [4.69, 9.17) is 0 Å². The van der Waals surface area contributed by atoms with Crippen LogP contribution in [0, 0.1) is 6.92 Å². The van der Waals surface area contributed by atoms with Crippen molar-refractivity contribution in [2.45, 2.75) is 52.5 Å². The number of benzene rings is 2. The second kappa shape index (κ2) is 7.97. The van der Waals surface area contributed by atoms with Crippen LogP contribution in [0.1, 0.15) is 46.9 Å². The zero-order chi connectivity index (χ0) is 21.5. The van der Waals surface area contributed by atoms with Crippen LogP contribution >= 0.6 is 11.3 Å². The fourth-order valence-electron chi connectivity index (χ4n) is 4.57. The summed E-state index contributed by atoms with van der Waals surface area (Å²) in [4.78, 5) is 29.5. The van der Waals surface area contributed by atoms with E-state index in [0.29, 0.717) is 12.2 Å². The van der Waals surface area contributed by atoms with Crippen molar-refractivity contribution in [1.82, 2.24) is 9.13 Å². The molecule has 4 aromatic rings. The highest BCUT2D eigenvalue weighted by atomic mass is 32.1. The van der Waals surface area contributed by atoms with Gasteiger partial charge < -0.3 is 0 Å². The lowest BCUT2D eigenvalue weighted by atomic mass is 9.97. The molecular formula is C26H26N2O2S. The Morgan fingerprint density at radius 3 is 2.45 bits per heavy atom. The first-order chi connectivity index (χ1) is 15.1. The van der Waals surface area contributed by atoms with Gasteiger partial charge in [-0.15, -0.1) is 11.3 Å². The van der Waals surface area contributed by atoms with E-state index < -0.39 is 0 Å². The Hall–Kier alpha value is -2.92. The van der Waals surface area contributed by atoms with Gasteiger partial charge in [0.2, 0.25) is 0 Å². The summed E-state index contributed by atoms with van der Waals surface area (Å²) in [5, 5.41) is 0.743. The molecule has 0 aliphatic heterocycles. The number of aromatic nitrogens is 2. The fourth-order valence-corrected chi connectivity index (χ4v) is 5.95. The maximum absolute atomic E-state index is 13.7. The molecule has 4 nitrogen and oxygen atoms in total. The summed E-state index contributed by atoms with van der Waals surface area (Å²) in [5.41, 5.74) is 4.80. The van der Waals surface area contributed by atoms with E-state index in [1.165, 1.54) is 15.0 Å². The van der Waals surface area contributed by atoms with Gasteiger partial charge in [-0.05, 0) is 73.4 Å². The first kappa shape index (κ1) is 20.0. The molecule has 0 bridgehead atoms. The molecule has 0 saturated heterocycles. The van der Waals surface area contributed by atoms with Gasteiger partial charge in [-0.25, -0.2) is 9.36 Å². The molecule has 158 valence electrons. The molecule has 2 aromatic heterocycles. The molecule has 5 rings (SSSR count). The molecule has 0 atom stereocenters.